The second kappa shape index (κ2) is 7.16. The van der Waals surface area contributed by atoms with Crippen LogP contribution in [0, 0.1) is 10.1 Å². The number of nitro groups is 1. The van der Waals surface area contributed by atoms with Gasteiger partial charge in [-0.25, -0.2) is 14.6 Å². The first kappa shape index (κ1) is 16.6. The number of hydrogen-bond acceptors (Lipinski definition) is 7. The molecule has 9 heteroatoms. The third kappa shape index (κ3) is 3.56. The van der Waals surface area contributed by atoms with Crippen LogP contribution in [0.5, 0.6) is 0 Å². The van der Waals surface area contributed by atoms with Gasteiger partial charge in [-0.3, -0.25) is 10.1 Å². The number of non-ortho nitro benzene ring substituents is 1. The van der Waals surface area contributed by atoms with E-state index in [1.807, 2.05) is 18.2 Å². The van der Waals surface area contributed by atoms with Crippen LogP contribution < -0.4 is 5.32 Å². The number of anilines is 2. The minimum atomic E-state index is -0.444. The molecule has 0 fully saturated rings. The van der Waals surface area contributed by atoms with Gasteiger partial charge in [0.15, 0.2) is 17.0 Å². The number of benzene rings is 2. The second-order valence-corrected chi connectivity index (χ2v) is 5.88. The van der Waals surface area contributed by atoms with Crippen LogP contribution in [0.2, 0.25) is 0 Å². The molecule has 2 heterocycles. The highest BCUT2D eigenvalue weighted by Crippen LogP contribution is 2.23. The van der Waals surface area contributed by atoms with Crippen molar-refractivity contribution in [2.24, 2.45) is 0 Å². The van der Waals surface area contributed by atoms with E-state index in [0.717, 1.165) is 6.42 Å². The monoisotopic (exact) mass is 361 g/mol. The summed E-state index contributed by atoms with van der Waals surface area (Å²) in [7, 11) is 0. The molecule has 4 aromatic rings. The van der Waals surface area contributed by atoms with E-state index in [0.29, 0.717) is 29.2 Å². The zero-order chi connectivity index (χ0) is 18.6. The van der Waals surface area contributed by atoms with Gasteiger partial charge in [0.05, 0.1) is 4.92 Å². The van der Waals surface area contributed by atoms with Gasteiger partial charge in [-0.15, -0.1) is 5.10 Å². The first-order valence-electron chi connectivity index (χ1n) is 8.30. The fourth-order valence-corrected chi connectivity index (χ4v) is 2.75. The molecule has 1 N–H and O–H groups in total. The van der Waals surface area contributed by atoms with Crippen LogP contribution in [0.4, 0.5) is 17.2 Å². The molecular formula is C18H15N7O2. The van der Waals surface area contributed by atoms with Crippen LogP contribution in [-0.4, -0.2) is 29.9 Å². The van der Waals surface area contributed by atoms with Crippen LogP contribution >= 0.6 is 0 Å². The molecule has 0 spiro atoms. The fourth-order valence-electron chi connectivity index (χ4n) is 2.75. The molecule has 0 saturated heterocycles. The molecular weight excluding hydrogens is 346 g/mol. The molecule has 0 bridgehead atoms. The first-order valence-corrected chi connectivity index (χ1v) is 8.30. The summed E-state index contributed by atoms with van der Waals surface area (Å²) < 4.78 is 1.72. The summed E-state index contributed by atoms with van der Waals surface area (Å²) in [6.07, 6.45) is 2.22. The highest BCUT2D eigenvalue weighted by molar-refractivity contribution is 5.84. The maximum Gasteiger partial charge on any atom is 0.271 e. The molecule has 0 atom stereocenters. The van der Waals surface area contributed by atoms with Gasteiger partial charge >= 0.3 is 0 Å². The maximum absolute atomic E-state index is 10.9. The van der Waals surface area contributed by atoms with E-state index in [4.69, 9.17) is 0 Å². The summed E-state index contributed by atoms with van der Waals surface area (Å²) in [6.45, 7) is 0.633. The Morgan fingerprint density at radius 3 is 2.74 bits per heavy atom. The molecule has 0 radical (unpaired) electrons. The average molecular weight is 361 g/mol. The van der Waals surface area contributed by atoms with Crippen molar-refractivity contribution in [2.75, 3.05) is 5.32 Å². The van der Waals surface area contributed by atoms with Crippen molar-refractivity contribution in [3.8, 4) is 0 Å². The van der Waals surface area contributed by atoms with Crippen molar-refractivity contribution in [3.63, 3.8) is 0 Å². The van der Waals surface area contributed by atoms with Crippen LogP contribution in [0.1, 0.15) is 5.56 Å². The molecule has 0 aliphatic rings. The van der Waals surface area contributed by atoms with E-state index in [9.17, 15) is 10.1 Å². The molecule has 0 amide bonds. The first-order chi connectivity index (χ1) is 13.2. The summed E-state index contributed by atoms with van der Waals surface area (Å²) in [4.78, 5) is 19.0. The van der Waals surface area contributed by atoms with Crippen molar-refractivity contribution in [2.45, 2.75) is 13.0 Å². The van der Waals surface area contributed by atoms with Crippen molar-refractivity contribution < 1.29 is 4.92 Å². The molecule has 4 rings (SSSR count). The van der Waals surface area contributed by atoms with E-state index in [-0.39, 0.29) is 5.69 Å². The number of hydrogen-bond donors (Lipinski definition) is 1. The fraction of sp³-hybridized carbons (Fsp3) is 0.111. The Hall–Kier alpha value is -3.88. The molecule has 0 saturated carbocycles. The van der Waals surface area contributed by atoms with Crippen molar-refractivity contribution >= 4 is 28.4 Å². The lowest BCUT2D eigenvalue weighted by Crippen LogP contribution is -2.04. The topological polar surface area (TPSA) is 112 Å². The third-order valence-corrected chi connectivity index (χ3v) is 4.07. The zero-order valence-electron chi connectivity index (χ0n) is 14.2. The highest BCUT2D eigenvalue weighted by Gasteiger charge is 2.13. The molecule has 2 aromatic carbocycles. The minimum absolute atomic E-state index is 0.00295. The van der Waals surface area contributed by atoms with Gasteiger partial charge in [0.1, 0.15) is 6.33 Å². The molecule has 134 valence electrons. The Morgan fingerprint density at radius 1 is 1.07 bits per heavy atom. The minimum Gasteiger partial charge on any atom is -0.338 e. The van der Waals surface area contributed by atoms with Gasteiger partial charge in [-0.05, 0) is 18.1 Å². The zero-order valence-corrected chi connectivity index (χ0v) is 14.2. The smallest absolute Gasteiger partial charge is 0.271 e. The van der Waals surface area contributed by atoms with Gasteiger partial charge < -0.3 is 5.32 Å². The number of aromatic nitrogens is 5. The Bertz CT molecular complexity index is 1100. The highest BCUT2D eigenvalue weighted by atomic mass is 16.6. The van der Waals surface area contributed by atoms with Crippen LogP contribution in [0.25, 0.3) is 11.2 Å². The Kier molecular flexibility index (Phi) is 4.40. The van der Waals surface area contributed by atoms with E-state index in [1.165, 1.54) is 24.0 Å². The van der Waals surface area contributed by atoms with Crippen molar-refractivity contribution in [3.05, 3.63) is 76.6 Å². The third-order valence-electron chi connectivity index (χ3n) is 4.07. The summed E-state index contributed by atoms with van der Waals surface area (Å²) >= 11 is 0. The van der Waals surface area contributed by atoms with Gasteiger partial charge in [0.2, 0.25) is 0 Å². The van der Waals surface area contributed by atoms with E-state index < -0.39 is 4.92 Å². The molecule has 2 aromatic heterocycles. The molecule has 27 heavy (non-hydrogen) atoms. The molecule has 0 aliphatic heterocycles. The van der Waals surface area contributed by atoms with E-state index in [1.54, 1.807) is 16.8 Å². The second-order valence-electron chi connectivity index (χ2n) is 5.88. The number of rotatable bonds is 6. The van der Waals surface area contributed by atoms with E-state index in [2.05, 4.69) is 37.7 Å². The summed E-state index contributed by atoms with van der Waals surface area (Å²) in [5, 5.41) is 22.3. The van der Waals surface area contributed by atoms with Crippen molar-refractivity contribution in [1.29, 1.82) is 0 Å². The number of aryl methyl sites for hydroxylation is 2. The SMILES string of the molecule is O=[N+]([O-])c1cccc(Nc2ncnc3c2nnn3CCc2ccccc2)c1. The summed E-state index contributed by atoms with van der Waals surface area (Å²) in [5.74, 6) is 0.450. The summed E-state index contributed by atoms with van der Waals surface area (Å²) in [5.41, 5.74) is 2.86. The van der Waals surface area contributed by atoms with Crippen molar-refractivity contribution in [1.82, 2.24) is 25.0 Å². The van der Waals surface area contributed by atoms with Gasteiger partial charge in [0.25, 0.3) is 5.69 Å². The van der Waals surface area contributed by atoms with Crippen LogP contribution in [0.15, 0.2) is 60.9 Å². The molecule has 9 nitrogen and oxygen atoms in total. The normalized spacial score (nSPS) is 10.8. The Labute approximate surface area is 153 Å². The average Bonchev–Trinajstić information content (AvgIpc) is 3.12. The van der Waals surface area contributed by atoms with Crippen LogP contribution in [0.3, 0.4) is 0 Å². The number of nitro benzene ring substituents is 1. The standard InChI is InChI=1S/C18H15N7O2/c26-25(27)15-8-4-7-14(11-15)21-17-16-18(20-12-19-17)24(23-22-16)10-9-13-5-2-1-3-6-13/h1-8,11-12H,9-10H2,(H,19,20,21). The summed E-state index contributed by atoms with van der Waals surface area (Å²) in [6, 6.07) is 16.3. The maximum atomic E-state index is 10.9. The number of fused-ring (bicyclic) bond motifs is 1. The van der Waals surface area contributed by atoms with Gasteiger partial charge in [0, 0.05) is 24.4 Å². The molecule has 0 aliphatic carbocycles. The predicted molar refractivity (Wildman–Crippen MR) is 99.6 cm³/mol. The molecule has 0 unspecified atom stereocenters. The number of nitrogens with one attached hydrogen (secondary N) is 1. The largest absolute Gasteiger partial charge is 0.338 e. The van der Waals surface area contributed by atoms with Gasteiger partial charge in [-0.2, -0.15) is 0 Å². The lowest BCUT2D eigenvalue weighted by molar-refractivity contribution is -0.384. The lowest BCUT2D eigenvalue weighted by Gasteiger charge is -2.06. The quantitative estimate of drug-likeness (QED) is 0.415. The lowest BCUT2D eigenvalue weighted by atomic mass is 10.1. The Balaban J connectivity index is 1.59. The van der Waals surface area contributed by atoms with Crippen LogP contribution in [-0.2, 0) is 13.0 Å². The van der Waals surface area contributed by atoms with E-state index >= 15 is 0 Å². The van der Waals surface area contributed by atoms with Gasteiger partial charge in [-0.1, -0.05) is 41.6 Å². The Morgan fingerprint density at radius 2 is 1.93 bits per heavy atom. The predicted octanol–water partition coefficient (Wildman–Crippen LogP) is 3.12. The number of nitrogens with zero attached hydrogens (tertiary/aromatic N) is 6.